The molecule has 1 aliphatic rings. The van der Waals surface area contributed by atoms with E-state index in [1.807, 2.05) is 0 Å². The van der Waals surface area contributed by atoms with Crippen molar-refractivity contribution in [1.29, 1.82) is 0 Å². The van der Waals surface area contributed by atoms with Gasteiger partial charge in [-0.05, 0) is 41.7 Å². The Kier molecular flexibility index (Phi) is 6.00. The number of rotatable bonds is 6. The molecule has 2 N–H and O–H groups in total. The molecule has 1 aromatic heterocycles. The minimum absolute atomic E-state index is 0.329. The Labute approximate surface area is 127 Å². The molecule has 0 amide bonds. The summed E-state index contributed by atoms with van der Waals surface area (Å²) in [5, 5.41) is 0. The highest BCUT2D eigenvalue weighted by molar-refractivity contribution is 9.10. The third-order valence-corrected chi connectivity index (χ3v) is 3.86. The fraction of sp³-hybridized carbons (Fsp3) is 0.692. The van der Waals surface area contributed by atoms with Gasteiger partial charge in [0.15, 0.2) is 0 Å². The molecule has 6 nitrogen and oxygen atoms in total. The van der Waals surface area contributed by atoms with Crippen LogP contribution in [0.1, 0.15) is 19.3 Å². The van der Waals surface area contributed by atoms with Crippen molar-refractivity contribution in [3.63, 3.8) is 0 Å². The smallest absolute Gasteiger partial charge is 0.232 e. The van der Waals surface area contributed by atoms with E-state index in [0.29, 0.717) is 24.5 Å². The molecule has 0 bridgehead atoms. The molecule has 0 aromatic carbocycles. The molecule has 20 heavy (non-hydrogen) atoms. The maximum Gasteiger partial charge on any atom is 0.232 e. The summed E-state index contributed by atoms with van der Waals surface area (Å²) in [5.41, 5.74) is 5.46. The van der Waals surface area contributed by atoms with Gasteiger partial charge in [-0.25, -0.2) is 4.98 Å². The molecule has 7 heteroatoms. The molecular formula is C13H21BrN4O2. The predicted molar refractivity (Wildman–Crippen MR) is 81.1 cm³/mol. The molecule has 0 unspecified atom stereocenters. The molecular weight excluding hydrogens is 324 g/mol. The van der Waals surface area contributed by atoms with E-state index < -0.39 is 0 Å². The van der Waals surface area contributed by atoms with Gasteiger partial charge < -0.3 is 20.1 Å². The number of hydrogen-bond acceptors (Lipinski definition) is 6. The van der Waals surface area contributed by atoms with Gasteiger partial charge in [-0.3, -0.25) is 0 Å². The van der Waals surface area contributed by atoms with Gasteiger partial charge in [-0.15, -0.1) is 0 Å². The minimum Gasteiger partial charge on any atom is -0.480 e. The van der Waals surface area contributed by atoms with Crippen molar-refractivity contribution in [1.82, 2.24) is 9.97 Å². The molecule has 1 saturated heterocycles. The third kappa shape index (κ3) is 4.04. The van der Waals surface area contributed by atoms with Crippen LogP contribution in [0.3, 0.4) is 0 Å². The molecule has 2 heterocycles. The highest BCUT2D eigenvalue weighted by Gasteiger charge is 2.22. The monoisotopic (exact) mass is 344 g/mol. The van der Waals surface area contributed by atoms with Crippen LogP contribution in [0.2, 0.25) is 0 Å². The lowest BCUT2D eigenvalue weighted by molar-refractivity contribution is 0.0364. The quantitative estimate of drug-likeness (QED) is 0.790. The maximum absolute atomic E-state index is 5.79. The SMILES string of the molecule is COc1nc(N2CCC(OCCCN)CC2)ncc1Br. The van der Waals surface area contributed by atoms with Crippen molar-refractivity contribution in [3.05, 3.63) is 10.7 Å². The van der Waals surface area contributed by atoms with Gasteiger partial charge in [0.05, 0.1) is 23.9 Å². The van der Waals surface area contributed by atoms with Gasteiger partial charge in [-0.2, -0.15) is 4.98 Å². The van der Waals surface area contributed by atoms with E-state index in [1.165, 1.54) is 0 Å². The highest BCUT2D eigenvalue weighted by atomic mass is 79.9. The summed E-state index contributed by atoms with van der Waals surface area (Å²) < 4.78 is 11.8. The van der Waals surface area contributed by atoms with Gasteiger partial charge in [0.2, 0.25) is 11.8 Å². The summed E-state index contributed by atoms with van der Waals surface area (Å²) in [6.45, 7) is 3.24. The predicted octanol–water partition coefficient (Wildman–Crippen LogP) is 1.58. The lowest BCUT2D eigenvalue weighted by atomic mass is 10.1. The molecule has 0 radical (unpaired) electrons. The molecule has 0 atom stereocenters. The topological polar surface area (TPSA) is 73.5 Å². The Bertz CT molecular complexity index is 425. The Morgan fingerprint density at radius 2 is 2.20 bits per heavy atom. The Morgan fingerprint density at radius 3 is 2.85 bits per heavy atom. The van der Waals surface area contributed by atoms with Gasteiger partial charge in [0.25, 0.3) is 0 Å². The molecule has 1 aliphatic heterocycles. The second kappa shape index (κ2) is 7.75. The van der Waals surface area contributed by atoms with E-state index in [9.17, 15) is 0 Å². The molecule has 1 aromatic rings. The van der Waals surface area contributed by atoms with Crippen LogP contribution in [0.15, 0.2) is 10.7 Å². The van der Waals surface area contributed by atoms with Gasteiger partial charge in [0, 0.05) is 19.7 Å². The molecule has 0 spiro atoms. The molecule has 112 valence electrons. The zero-order valence-electron chi connectivity index (χ0n) is 11.7. The first-order chi connectivity index (χ1) is 9.74. The Balaban J connectivity index is 1.87. The fourth-order valence-corrected chi connectivity index (χ4v) is 2.55. The normalized spacial score (nSPS) is 16.4. The van der Waals surface area contributed by atoms with Crippen LogP contribution in [0.25, 0.3) is 0 Å². The van der Waals surface area contributed by atoms with Crippen molar-refractivity contribution in [3.8, 4) is 5.88 Å². The first-order valence-electron chi connectivity index (χ1n) is 6.87. The summed E-state index contributed by atoms with van der Waals surface area (Å²) in [5.74, 6) is 1.28. The van der Waals surface area contributed by atoms with Crippen LogP contribution in [0.4, 0.5) is 5.95 Å². The molecule has 2 rings (SSSR count). The first-order valence-corrected chi connectivity index (χ1v) is 7.67. The summed E-state index contributed by atoms with van der Waals surface area (Å²) in [6, 6.07) is 0. The fourth-order valence-electron chi connectivity index (χ4n) is 2.19. The zero-order chi connectivity index (χ0) is 14.4. The van der Waals surface area contributed by atoms with Gasteiger partial charge in [-0.1, -0.05) is 0 Å². The van der Waals surface area contributed by atoms with Crippen molar-refractivity contribution >= 4 is 21.9 Å². The van der Waals surface area contributed by atoms with Crippen LogP contribution in [-0.4, -0.2) is 49.4 Å². The number of halogens is 1. The number of nitrogens with two attached hydrogens (primary N) is 1. The van der Waals surface area contributed by atoms with Crippen LogP contribution in [0, 0.1) is 0 Å². The van der Waals surface area contributed by atoms with Crippen LogP contribution in [0.5, 0.6) is 5.88 Å². The summed E-state index contributed by atoms with van der Waals surface area (Å²) in [7, 11) is 1.61. The van der Waals surface area contributed by atoms with E-state index >= 15 is 0 Å². The van der Waals surface area contributed by atoms with Gasteiger partial charge >= 0.3 is 0 Å². The zero-order valence-corrected chi connectivity index (χ0v) is 13.3. The van der Waals surface area contributed by atoms with Crippen molar-refractivity contribution in [2.24, 2.45) is 5.73 Å². The van der Waals surface area contributed by atoms with Crippen molar-refractivity contribution < 1.29 is 9.47 Å². The lowest BCUT2D eigenvalue weighted by Crippen LogP contribution is -2.38. The van der Waals surface area contributed by atoms with E-state index in [1.54, 1.807) is 13.3 Å². The molecule has 1 fully saturated rings. The number of hydrogen-bond donors (Lipinski definition) is 1. The van der Waals surface area contributed by atoms with Crippen LogP contribution < -0.4 is 15.4 Å². The van der Waals surface area contributed by atoms with Crippen LogP contribution in [-0.2, 0) is 4.74 Å². The van der Waals surface area contributed by atoms with Crippen LogP contribution >= 0.6 is 15.9 Å². The largest absolute Gasteiger partial charge is 0.480 e. The Morgan fingerprint density at radius 1 is 1.45 bits per heavy atom. The number of ether oxygens (including phenoxy) is 2. The lowest BCUT2D eigenvalue weighted by Gasteiger charge is -2.32. The average Bonchev–Trinajstić information content (AvgIpc) is 2.49. The number of anilines is 1. The minimum atomic E-state index is 0.329. The highest BCUT2D eigenvalue weighted by Crippen LogP contribution is 2.25. The number of methoxy groups -OCH3 is 1. The summed E-state index contributed by atoms with van der Waals surface area (Å²) in [6.07, 6.45) is 4.96. The second-order valence-electron chi connectivity index (χ2n) is 4.73. The number of piperidine rings is 1. The van der Waals surface area contributed by atoms with Gasteiger partial charge in [0.1, 0.15) is 0 Å². The second-order valence-corrected chi connectivity index (χ2v) is 5.58. The molecule has 0 aliphatic carbocycles. The van der Waals surface area contributed by atoms with E-state index in [4.69, 9.17) is 15.2 Å². The van der Waals surface area contributed by atoms with Crippen molar-refractivity contribution in [2.45, 2.75) is 25.4 Å². The van der Waals surface area contributed by atoms with E-state index in [0.717, 1.165) is 43.4 Å². The number of aromatic nitrogens is 2. The first kappa shape index (κ1) is 15.5. The average molecular weight is 345 g/mol. The number of nitrogens with zero attached hydrogens (tertiary/aromatic N) is 3. The summed E-state index contributed by atoms with van der Waals surface area (Å²) in [4.78, 5) is 10.9. The van der Waals surface area contributed by atoms with E-state index in [2.05, 4.69) is 30.8 Å². The Hall–Kier alpha value is -0.920. The van der Waals surface area contributed by atoms with Crippen molar-refractivity contribution in [2.75, 3.05) is 38.3 Å². The van der Waals surface area contributed by atoms with E-state index in [-0.39, 0.29) is 0 Å². The summed E-state index contributed by atoms with van der Waals surface area (Å²) >= 11 is 3.36. The third-order valence-electron chi connectivity index (χ3n) is 3.32. The standard InChI is InChI=1S/C13H21BrN4O2/c1-19-12-11(14)9-16-13(17-12)18-6-3-10(4-7-18)20-8-2-5-15/h9-10H,2-8,15H2,1H3. The molecule has 0 saturated carbocycles. The maximum atomic E-state index is 5.79.